The molecule has 1 aromatic carbocycles. The number of primary amides is 1. The first-order valence-corrected chi connectivity index (χ1v) is 10.0. The minimum Gasteiger partial charge on any atom is -0.508 e. The number of likely N-dealkylation sites (N-methyl/N-ethyl adjacent to an activating group) is 1. The summed E-state index contributed by atoms with van der Waals surface area (Å²) < 4.78 is 0. The van der Waals surface area contributed by atoms with Crippen LogP contribution < -0.4 is 5.73 Å². The van der Waals surface area contributed by atoms with Crippen LogP contribution in [-0.2, 0) is 14.4 Å². The van der Waals surface area contributed by atoms with E-state index in [1.54, 1.807) is 19.1 Å². The molecule has 6 atom stereocenters. The van der Waals surface area contributed by atoms with Crippen LogP contribution in [0, 0.1) is 11.8 Å². The molecule has 0 saturated heterocycles. The van der Waals surface area contributed by atoms with Crippen molar-refractivity contribution >= 4 is 23.2 Å². The number of Topliss-reactive ketones (excluding diaryl/α,β-unsaturated/α-hetero) is 2. The first kappa shape index (κ1) is 22.0. The first-order valence-electron chi connectivity index (χ1n) is 10.0. The number of fused-ring (bicyclic) bond motifs is 3. The molecule has 4 rings (SSSR count). The number of phenols is 1. The molecule has 1 fully saturated rings. The highest BCUT2D eigenvalue weighted by molar-refractivity contribution is 6.24. The van der Waals surface area contributed by atoms with E-state index < -0.39 is 75.6 Å². The number of carbonyl (C=O) groups excluding carboxylic acids is 3. The zero-order chi connectivity index (χ0) is 23.9. The Hall–Kier alpha value is -3.21. The van der Waals surface area contributed by atoms with Crippen LogP contribution in [0.3, 0.4) is 0 Å². The molecule has 170 valence electrons. The maximum absolute atomic E-state index is 13.7. The molecule has 1 aromatic rings. The second-order valence-corrected chi connectivity index (χ2v) is 8.79. The van der Waals surface area contributed by atoms with Gasteiger partial charge in [-0.25, -0.2) is 0 Å². The Balaban J connectivity index is 2.07. The van der Waals surface area contributed by atoms with Gasteiger partial charge in [-0.15, -0.1) is 0 Å². The smallest absolute Gasteiger partial charge is 0.255 e. The number of amides is 1. The fourth-order valence-electron chi connectivity index (χ4n) is 5.58. The molecular weight excluding hydrogens is 420 g/mol. The second kappa shape index (κ2) is 6.89. The molecule has 3 aliphatic rings. The molecule has 0 aromatic heterocycles. The summed E-state index contributed by atoms with van der Waals surface area (Å²) in [5.41, 5.74) is 1.47. The van der Waals surface area contributed by atoms with Crippen LogP contribution in [0.5, 0.6) is 5.75 Å². The summed E-state index contributed by atoms with van der Waals surface area (Å²) >= 11 is 0. The number of nitrogens with two attached hydrogens (primary N) is 1. The molecule has 7 N–H and O–H groups in total. The normalized spacial score (nSPS) is 34.4. The monoisotopic (exact) mass is 444 g/mol. The van der Waals surface area contributed by atoms with Crippen LogP contribution >= 0.6 is 0 Å². The van der Waals surface area contributed by atoms with Crippen LogP contribution in [0.2, 0.25) is 0 Å². The number of aromatic hydroxyl groups is 1. The summed E-state index contributed by atoms with van der Waals surface area (Å²) in [6.07, 6.45) is -1.59. The molecule has 3 aliphatic carbocycles. The number of nitrogens with zero attached hydrogens (tertiary/aromatic N) is 1. The third-order valence-electron chi connectivity index (χ3n) is 6.99. The van der Waals surface area contributed by atoms with Gasteiger partial charge in [0.05, 0.1) is 23.6 Å². The van der Waals surface area contributed by atoms with Crippen molar-refractivity contribution < 1.29 is 39.9 Å². The molecule has 0 unspecified atom stereocenters. The van der Waals surface area contributed by atoms with Crippen molar-refractivity contribution in [3.8, 4) is 5.75 Å². The van der Waals surface area contributed by atoms with E-state index in [1.165, 1.54) is 25.1 Å². The largest absolute Gasteiger partial charge is 0.508 e. The zero-order valence-electron chi connectivity index (χ0n) is 17.6. The van der Waals surface area contributed by atoms with Gasteiger partial charge >= 0.3 is 0 Å². The third-order valence-corrected chi connectivity index (χ3v) is 6.99. The Bertz CT molecular complexity index is 1140. The fourth-order valence-corrected chi connectivity index (χ4v) is 5.58. The number of phenolic OH excluding ortho intramolecular Hbond substituents is 1. The Morgan fingerprint density at radius 3 is 2.34 bits per heavy atom. The van der Waals surface area contributed by atoms with E-state index in [-0.39, 0.29) is 11.3 Å². The summed E-state index contributed by atoms with van der Waals surface area (Å²) in [7, 11) is 2.92. The van der Waals surface area contributed by atoms with Gasteiger partial charge in [0.15, 0.2) is 11.4 Å². The Kier molecular flexibility index (Phi) is 4.74. The lowest BCUT2D eigenvalue weighted by Gasteiger charge is -2.53. The molecule has 1 amide bonds. The molecular formula is C22H24N2O8. The van der Waals surface area contributed by atoms with Crippen LogP contribution in [-0.4, -0.2) is 79.7 Å². The number of hydrogen-bond donors (Lipinski definition) is 6. The van der Waals surface area contributed by atoms with Gasteiger partial charge < -0.3 is 31.3 Å². The molecule has 0 spiro atoms. The van der Waals surface area contributed by atoms with Crippen molar-refractivity contribution in [2.45, 2.75) is 30.6 Å². The van der Waals surface area contributed by atoms with Gasteiger partial charge in [0, 0.05) is 11.5 Å². The Morgan fingerprint density at radius 1 is 1.16 bits per heavy atom. The van der Waals surface area contributed by atoms with Crippen LogP contribution in [0.4, 0.5) is 0 Å². The standard InChI is InChI=1S/C22H24N2O8/c1-7-8-5-4-6-9(25)11(8)16(26)12-10(7)17(27)14-15(24(2)3)18(28)13(21(23)31)20(30)22(14,32)19(12)29/h4-7,10,14-15,17,25-27,30,32H,1-3H3,(H2,23,31)/t7-,10-,14+,15-,17-,22+/m0/s1. The lowest BCUT2D eigenvalue weighted by atomic mass is 9.54. The summed E-state index contributed by atoms with van der Waals surface area (Å²) in [5.74, 6) is -8.87. The third kappa shape index (κ3) is 2.48. The summed E-state index contributed by atoms with van der Waals surface area (Å²) in [6.45, 7) is 1.68. The molecule has 10 nitrogen and oxygen atoms in total. The van der Waals surface area contributed by atoms with Gasteiger partial charge in [-0.3, -0.25) is 19.3 Å². The number of aliphatic hydroxyl groups is 4. The van der Waals surface area contributed by atoms with Crippen molar-refractivity contribution in [1.82, 2.24) is 4.90 Å². The number of aliphatic hydroxyl groups excluding tert-OH is 3. The number of ketones is 2. The molecule has 10 heteroatoms. The molecule has 0 aliphatic heterocycles. The minimum absolute atomic E-state index is 0.0245. The summed E-state index contributed by atoms with van der Waals surface area (Å²) in [6, 6.07) is 3.13. The molecule has 0 heterocycles. The van der Waals surface area contributed by atoms with E-state index in [0.717, 1.165) is 0 Å². The maximum atomic E-state index is 13.7. The van der Waals surface area contributed by atoms with Gasteiger partial charge in [0.2, 0.25) is 5.78 Å². The van der Waals surface area contributed by atoms with Gasteiger partial charge in [0.1, 0.15) is 22.8 Å². The fraction of sp³-hybridized carbons (Fsp3) is 0.409. The number of benzene rings is 1. The highest BCUT2D eigenvalue weighted by atomic mass is 16.4. The predicted molar refractivity (Wildman–Crippen MR) is 110 cm³/mol. The average Bonchev–Trinajstić information content (AvgIpc) is 2.70. The quantitative estimate of drug-likeness (QED) is 0.327. The summed E-state index contributed by atoms with van der Waals surface area (Å²) in [4.78, 5) is 40.0. The van der Waals surface area contributed by atoms with E-state index in [0.29, 0.717) is 5.56 Å². The first-order chi connectivity index (χ1) is 14.9. The van der Waals surface area contributed by atoms with E-state index in [4.69, 9.17) is 5.73 Å². The lowest BCUT2D eigenvalue weighted by Crippen LogP contribution is -2.70. The Morgan fingerprint density at radius 2 is 1.78 bits per heavy atom. The van der Waals surface area contributed by atoms with Crippen molar-refractivity contribution in [3.05, 3.63) is 46.2 Å². The second-order valence-electron chi connectivity index (χ2n) is 8.79. The van der Waals surface area contributed by atoms with E-state index >= 15 is 0 Å². The molecule has 0 radical (unpaired) electrons. The van der Waals surface area contributed by atoms with Gasteiger partial charge in [0.25, 0.3) is 5.91 Å². The van der Waals surface area contributed by atoms with Crippen molar-refractivity contribution in [2.24, 2.45) is 17.6 Å². The zero-order valence-corrected chi connectivity index (χ0v) is 17.6. The number of hydrogen-bond acceptors (Lipinski definition) is 9. The highest BCUT2D eigenvalue weighted by Crippen LogP contribution is 2.55. The van der Waals surface area contributed by atoms with Gasteiger partial charge in [-0.2, -0.15) is 0 Å². The van der Waals surface area contributed by atoms with Crippen LogP contribution in [0.25, 0.3) is 5.76 Å². The van der Waals surface area contributed by atoms with Crippen molar-refractivity contribution in [1.29, 1.82) is 0 Å². The number of carbonyl (C=O) groups is 3. The van der Waals surface area contributed by atoms with Gasteiger partial charge in [-0.1, -0.05) is 19.1 Å². The van der Waals surface area contributed by atoms with Gasteiger partial charge in [-0.05, 0) is 31.6 Å². The molecule has 1 saturated carbocycles. The molecule has 0 bridgehead atoms. The Labute approximate surface area is 182 Å². The van der Waals surface area contributed by atoms with Crippen LogP contribution in [0.1, 0.15) is 24.0 Å². The maximum Gasteiger partial charge on any atom is 0.255 e. The molecule has 32 heavy (non-hydrogen) atoms. The SMILES string of the molecule is C[C@H]1c2cccc(O)c2C(O)=C2C(=O)[C@@]3(O)C(O)=C(C(N)=O)C(=O)[C@@H](N(C)C)[C@@H]3[C@@H](O)[C@H]21. The van der Waals surface area contributed by atoms with Crippen LogP contribution in [0.15, 0.2) is 35.1 Å². The summed E-state index contributed by atoms with van der Waals surface area (Å²) in [5, 5.41) is 54.9. The average molecular weight is 444 g/mol. The lowest BCUT2D eigenvalue weighted by molar-refractivity contribution is -0.169. The van der Waals surface area contributed by atoms with Crippen molar-refractivity contribution in [3.63, 3.8) is 0 Å². The predicted octanol–water partition coefficient (Wildman–Crippen LogP) is -0.504. The van der Waals surface area contributed by atoms with E-state index in [2.05, 4.69) is 0 Å². The minimum atomic E-state index is -2.89. The number of rotatable bonds is 2. The van der Waals surface area contributed by atoms with E-state index in [9.17, 15) is 39.9 Å². The highest BCUT2D eigenvalue weighted by Gasteiger charge is 2.68. The van der Waals surface area contributed by atoms with Crippen molar-refractivity contribution in [2.75, 3.05) is 14.1 Å². The van der Waals surface area contributed by atoms with E-state index in [1.807, 2.05) is 0 Å². The topological polar surface area (TPSA) is 182 Å².